The second kappa shape index (κ2) is 8.53. The van der Waals surface area contributed by atoms with Gasteiger partial charge < -0.3 is 9.15 Å². The van der Waals surface area contributed by atoms with E-state index in [0.717, 1.165) is 5.56 Å². The van der Waals surface area contributed by atoms with Crippen LogP contribution in [0.3, 0.4) is 0 Å². The number of rotatable bonds is 6. The lowest BCUT2D eigenvalue weighted by Crippen LogP contribution is -2.24. The van der Waals surface area contributed by atoms with Crippen LogP contribution < -0.4 is 0 Å². The summed E-state index contributed by atoms with van der Waals surface area (Å²) in [4.78, 5) is 24.8. The number of ether oxygens (including phenoxy) is 1. The predicted molar refractivity (Wildman–Crippen MR) is 111 cm³/mol. The smallest absolute Gasteiger partial charge is 0.338 e. The first kappa shape index (κ1) is 19.3. The minimum atomic E-state index is -0.885. The number of hydrogen-bond donors (Lipinski definition) is 0. The van der Waals surface area contributed by atoms with E-state index in [-0.39, 0.29) is 5.78 Å². The van der Waals surface area contributed by atoms with Gasteiger partial charge in [-0.3, -0.25) is 4.79 Å². The van der Waals surface area contributed by atoms with Crippen molar-refractivity contribution in [3.05, 3.63) is 96.1 Å². The molecule has 0 radical (unpaired) electrons. The summed E-state index contributed by atoms with van der Waals surface area (Å²) in [7, 11) is 0. The van der Waals surface area contributed by atoms with Crippen LogP contribution in [0.25, 0.3) is 22.9 Å². The fraction of sp³-hybridized carbons (Fsp3) is 0.0833. The van der Waals surface area contributed by atoms with Gasteiger partial charge in [-0.25, -0.2) is 4.79 Å². The van der Waals surface area contributed by atoms with Gasteiger partial charge in [-0.2, -0.15) is 0 Å². The topological polar surface area (TPSA) is 82.3 Å². The van der Waals surface area contributed by atoms with Gasteiger partial charge in [0.05, 0.1) is 5.56 Å². The zero-order valence-electron chi connectivity index (χ0n) is 16.2. The van der Waals surface area contributed by atoms with Gasteiger partial charge >= 0.3 is 5.97 Å². The molecule has 0 bridgehead atoms. The van der Waals surface area contributed by atoms with E-state index in [1.807, 2.05) is 36.4 Å². The molecular weight excluding hydrogens is 380 g/mol. The summed E-state index contributed by atoms with van der Waals surface area (Å²) in [6.45, 7) is 1.56. The van der Waals surface area contributed by atoms with Gasteiger partial charge in [-0.1, -0.05) is 48.5 Å². The highest BCUT2D eigenvalue weighted by atomic mass is 16.5. The summed E-state index contributed by atoms with van der Waals surface area (Å²) < 4.78 is 11.0. The Morgan fingerprint density at radius 1 is 0.733 bits per heavy atom. The zero-order chi connectivity index (χ0) is 20.9. The first-order valence-corrected chi connectivity index (χ1v) is 9.41. The summed E-state index contributed by atoms with van der Waals surface area (Å²) in [5.41, 5.74) is 2.33. The second-order valence-electron chi connectivity index (χ2n) is 6.63. The molecule has 4 rings (SSSR count). The first-order valence-electron chi connectivity index (χ1n) is 9.41. The molecule has 1 aromatic heterocycles. The van der Waals surface area contributed by atoms with Crippen molar-refractivity contribution in [3.63, 3.8) is 0 Å². The Morgan fingerprint density at radius 3 is 1.87 bits per heavy atom. The van der Waals surface area contributed by atoms with E-state index in [9.17, 15) is 9.59 Å². The minimum Gasteiger partial charge on any atom is -0.451 e. The molecule has 0 spiro atoms. The van der Waals surface area contributed by atoms with Crippen molar-refractivity contribution in [2.75, 3.05) is 0 Å². The number of benzene rings is 3. The largest absolute Gasteiger partial charge is 0.451 e. The molecule has 0 fully saturated rings. The summed E-state index contributed by atoms with van der Waals surface area (Å²) in [5.74, 6) is -0.0579. The normalized spacial score (nSPS) is 11.6. The van der Waals surface area contributed by atoms with Gasteiger partial charge in [-0.15, -0.1) is 10.2 Å². The molecule has 0 aliphatic rings. The third-order valence-corrected chi connectivity index (χ3v) is 4.52. The number of hydrogen-bond acceptors (Lipinski definition) is 6. The maximum Gasteiger partial charge on any atom is 0.338 e. The van der Waals surface area contributed by atoms with Crippen LogP contribution in [0.1, 0.15) is 27.6 Å². The van der Waals surface area contributed by atoms with Gasteiger partial charge in [0.2, 0.25) is 17.6 Å². The summed E-state index contributed by atoms with van der Waals surface area (Å²) in [5, 5.41) is 8.13. The molecule has 0 amide bonds. The van der Waals surface area contributed by atoms with Crippen molar-refractivity contribution in [3.8, 4) is 22.9 Å². The van der Waals surface area contributed by atoms with Crippen LogP contribution in [0.5, 0.6) is 0 Å². The Hall–Kier alpha value is -4.06. The number of Topliss-reactive ketones (excluding diaryl/α,β-unsaturated/α-hetero) is 1. The van der Waals surface area contributed by atoms with Crippen LogP contribution in [0.4, 0.5) is 0 Å². The average molecular weight is 398 g/mol. The molecule has 1 atom stereocenters. The highest BCUT2D eigenvalue weighted by Crippen LogP contribution is 2.24. The highest BCUT2D eigenvalue weighted by Gasteiger charge is 2.20. The number of carbonyl (C=O) groups excluding carboxylic acids is 2. The summed E-state index contributed by atoms with van der Waals surface area (Å²) in [6.07, 6.45) is -0.885. The van der Waals surface area contributed by atoms with Gasteiger partial charge in [0.25, 0.3) is 0 Å². The molecule has 3 aromatic carbocycles. The van der Waals surface area contributed by atoms with Crippen molar-refractivity contribution < 1.29 is 18.7 Å². The number of esters is 1. The lowest BCUT2D eigenvalue weighted by molar-refractivity contribution is 0.0319. The molecule has 0 aliphatic carbocycles. The Labute approximate surface area is 173 Å². The van der Waals surface area contributed by atoms with Gasteiger partial charge in [0.15, 0.2) is 6.10 Å². The van der Waals surface area contributed by atoms with E-state index in [1.165, 1.54) is 0 Å². The first-order chi connectivity index (χ1) is 14.6. The number of carbonyl (C=O) groups is 2. The lowest BCUT2D eigenvalue weighted by Gasteiger charge is -2.12. The quantitative estimate of drug-likeness (QED) is 0.342. The van der Waals surface area contributed by atoms with Gasteiger partial charge in [0.1, 0.15) is 0 Å². The van der Waals surface area contributed by atoms with Crippen molar-refractivity contribution >= 4 is 11.8 Å². The maximum absolute atomic E-state index is 12.4. The monoisotopic (exact) mass is 398 g/mol. The molecule has 0 aliphatic heterocycles. The fourth-order valence-electron chi connectivity index (χ4n) is 2.91. The maximum atomic E-state index is 12.4. The molecule has 6 nitrogen and oxygen atoms in total. The average Bonchev–Trinajstić information content (AvgIpc) is 3.30. The Morgan fingerprint density at radius 2 is 1.27 bits per heavy atom. The molecule has 4 aromatic rings. The third kappa shape index (κ3) is 4.17. The van der Waals surface area contributed by atoms with Crippen molar-refractivity contribution in [1.82, 2.24) is 10.2 Å². The Bertz CT molecular complexity index is 1150. The minimum absolute atomic E-state index is 0.250. The molecule has 1 heterocycles. The van der Waals surface area contributed by atoms with E-state index in [1.54, 1.807) is 55.5 Å². The van der Waals surface area contributed by atoms with E-state index < -0.39 is 12.1 Å². The molecule has 148 valence electrons. The standard InChI is InChI=1S/C24H18N2O4/c1-16(21(27)17-8-4-2-5-9-17)29-24(28)20-14-12-19(13-15-20)23-26-25-22(30-23)18-10-6-3-7-11-18/h2-16H,1H3/t16-/m1/s1. The van der Waals surface area contributed by atoms with E-state index in [0.29, 0.717) is 28.5 Å². The number of ketones is 1. The molecule has 0 saturated heterocycles. The van der Waals surface area contributed by atoms with Crippen molar-refractivity contribution in [2.45, 2.75) is 13.0 Å². The molecule has 0 unspecified atom stereocenters. The summed E-state index contributed by atoms with van der Waals surface area (Å²) in [6, 6.07) is 24.8. The summed E-state index contributed by atoms with van der Waals surface area (Å²) >= 11 is 0. The molecular formula is C24H18N2O4. The second-order valence-corrected chi connectivity index (χ2v) is 6.63. The SMILES string of the molecule is C[C@@H](OC(=O)c1ccc(-c2nnc(-c3ccccc3)o2)cc1)C(=O)c1ccccc1. The van der Waals surface area contributed by atoms with Crippen LogP contribution in [-0.4, -0.2) is 28.1 Å². The van der Waals surface area contributed by atoms with E-state index in [2.05, 4.69) is 10.2 Å². The van der Waals surface area contributed by atoms with Crippen LogP contribution in [0, 0.1) is 0 Å². The predicted octanol–water partition coefficient (Wildman–Crippen LogP) is 4.83. The molecule has 30 heavy (non-hydrogen) atoms. The third-order valence-electron chi connectivity index (χ3n) is 4.52. The van der Waals surface area contributed by atoms with E-state index >= 15 is 0 Å². The fourth-order valence-corrected chi connectivity index (χ4v) is 2.91. The molecule has 0 N–H and O–H groups in total. The van der Waals surface area contributed by atoms with Crippen molar-refractivity contribution in [1.29, 1.82) is 0 Å². The molecule has 6 heteroatoms. The zero-order valence-corrected chi connectivity index (χ0v) is 16.2. The van der Waals surface area contributed by atoms with Crippen LogP contribution in [0.2, 0.25) is 0 Å². The Kier molecular flexibility index (Phi) is 5.48. The van der Waals surface area contributed by atoms with Crippen LogP contribution >= 0.6 is 0 Å². The number of aromatic nitrogens is 2. The van der Waals surface area contributed by atoms with Crippen LogP contribution in [0.15, 0.2) is 89.3 Å². The number of nitrogens with zero attached hydrogens (tertiary/aromatic N) is 2. The van der Waals surface area contributed by atoms with Crippen LogP contribution in [-0.2, 0) is 4.74 Å². The van der Waals surface area contributed by atoms with E-state index in [4.69, 9.17) is 9.15 Å². The Balaban J connectivity index is 1.44. The highest BCUT2D eigenvalue weighted by molar-refractivity contribution is 6.01. The van der Waals surface area contributed by atoms with Gasteiger partial charge in [0, 0.05) is 16.7 Å². The lowest BCUT2D eigenvalue weighted by atomic mass is 10.1. The van der Waals surface area contributed by atoms with Gasteiger partial charge in [-0.05, 0) is 43.3 Å². The van der Waals surface area contributed by atoms with Crippen molar-refractivity contribution in [2.24, 2.45) is 0 Å². The molecule has 0 saturated carbocycles.